The second-order valence-electron chi connectivity index (χ2n) is 3.25. The molecule has 1 saturated heterocycles. The maximum Gasteiger partial charge on any atom is 0.222 e. The second kappa shape index (κ2) is 3.87. The molecule has 1 fully saturated rings. The number of carbonyl (C=O) groups excluding carboxylic acids is 1. The molecule has 2 rings (SSSR count). The maximum atomic E-state index is 11.4. The SMILES string of the molecule is O=C1CCCCN1Cc1cscn1. The molecule has 0 aliphatic carbocycles. The Morgan fingerprint density at radius 1 is 1.54 bits per heavy atom. The van der Waals surface area contributed by atoms with Gasteiger partial charge < -0.3 is 4.90 Å². The molecule has 0 saturated carbocycles. The van der Waals surface area contributed by atoms with Crippen LogP contribution in [-0.4, -0.2) is 22.3 Å². The molecular formula is C9H12N2OS. The summed E-state index contributed by atoms with van der Waals surface area (Å²) in [6, 6.07) is 0. The molecule has 1 aromatic rings. The summed E-state index contributed by atoms with van der Waals surface area (Å²) >= 11 is 1.58. The molecular weight excluding hydrogens is 184 g/mol. The molecule has 13 heavy (non-hydrogen) atoms. The second-order valence-corrected chi connectivity index (χ2v) is 3.97. The number of hydrogen-bond donors (Lipinski definition) is 0. The van der Waals surface area contributed by atoms with Gasteiger partial charge in [0.1, 0.15) is 0 Å². The molecule has 0 unspecified atom stereocenters. The van der Waals surface area contributed by atoms with Crippen molar-refractivity contribution < 1.29 is 4.79 Å². The van der Waals surface area contributed by atoms with Crippen molar-refractivity contribution in [1.82, 2.24) is 9.88 Å². The van der Waals surface area contributed by atoms with Crippen molar-refractivity contribution in [3.05, 3.63) is 16.6 Å². The topological polar surface area (TPSA) is 33.2 Å². The Labute approximate surface area is 81.4 Å². The van der Waals surface area contributed by atoms with E-state index in [1.54, 1.807) is 11.3 Å². The van der Waals surface area contributed by atoms with Crippen LogP contribution >= 0.6 is 11.3 Å². The van der Waals surface area contributed by atoms with E-state index in [-0.39, 0.29) is 5.91 Å². The highest BCUT2D eigenvalue weighted by Gasteiger charge is 2.18. The van der Waals surface area contributed by atoms with Crippen LogP contribution in [0.15, 0.2) is 10.9 Å². The molecule has 0 bridgehead atoms. The Morgan fingerprint density at radius 3 is 3.15 bits per heavy atom. The quantitative estimate of drug-likeness (QED) is 0.720. The number of rotatable bonds is 2. The zero-order valence-electron chi connectivity index (χ0n) is 7.40. The average Bonchev–Trinajstić information content (AvgIpc) is 2.61. The van der Waals surface area contributed by atoms with Crippen molar-refractivity contribution in [3.8, 4) is 0 Å². The van der Waals surface area contributed by atoms with Crippen molar-refractivity contribution in [2.24, 2.45) is 0 Å². The number of hydrogen-bond acceptors (Lipinski definition) is 3. The zero-order valence-corrected chi connectivity index (χ0v) is 8.22. The normalized spacial score (nSPS) is 17.8. The van der Waals surface area contributed by atoms with Crippen LogP contribution in [-0.2, 0) is 11.3 Å². The predicted molar refractivity (Wildman–Crippen MR) is 51.4 cm³/mol. The van der Waals surface area contributed by atoms with Gasteiger partial charge in [-0.05, 0) is 12.8 Å². The van der Waals surface area contributed by atoms with Gasteiger partial charge in [-0.3, -0.25) is 4.79 Å². The van der Waals surface area contributed by atoms with E-state index in [1.807, 2.05) is 15.8 Å². The monoisotopic (exact) mass is 196 g/mol. The van der Waals surface area contributed by atoms with Crippen LogP contribution in [0.1, 0.15) is 25.0 Å². The molecule has 0 radical (unpaired) electrons. The van der Waals surface area contributed by atoms with Crippen molar-refractivity contribution >= 4 is 17.2 Å². The van der Waals surface area contributed by atoms with Crippen LogP contribution in [0.4, 0.5) is 0 Å². The number of nitrogens with zero attached hydrogens (tertiary/aromatic N) is 2. The minimum Gasteiger partial charge on any atom is -0.337 e. The molecule has 1 aromatic heterocycles. The van der Waals surface area contributed by atoms with E-state index in [4.69, 9.17) is 0 Å². The Balaban J connectivity index is 1.97. The molecule has 1 amide bonds. The van der Waals surface area contributed by atoms with Crippen molar-refractivity contribution in [2.75, 3.05) is 6.54 Å². The third kappa shape index (κ3) is 2.06. The molecule has 0 aromatic carbocycles. The summed E-state index contributed by atoms with van der Waals surface area (Å²) in [6.07, 6.45) is 2.90. The lowest BCUT2D eigenvalue weighted by Crippen LogP contribution is -2.34. The van der Waals surface area contributed by atoms with E-state index in [1.165, 1.54) is 0 Å². The average molecular weight is 196 g/mol. The van der Waals surface area contributed by atoms with Gasteiger partial charge in [0.25, 0.3) is 0 Å². The lowest BCUT2D eigenvalue weighted by atomic mass is 10.1. The van der Waals surface area contributed by atoms with Crippen LogP contribution in [0.3, 0.4) is 0 Å². The largest absolute Gasteiger partial charge is 0.337 e. The maximum absolute atomic E-state index is 11.4. The first-order valence-electron chi connectivity index (χ1n) is 4.51. The summed E-state index contributed by atoms with van der Waals surface area (Å²) in [4.78, 5) is 17.5. The van der Waals surface area contributed by atoms with E-state index in [9.17, 15) is 4.79 Å². The van der Waals surface area contributed by atoms with Gasteiger partial charge in [-0.25, -0.2) is 4.98 Å². The first-order chi connectivity index (χ1) is 6.36. The fraction of sp³-hybridized carbons (Fsp3) is 0.556. The Hall–Kier alpha value is -0.900. The molecule has 3 nitrogen and oxygen atoms in total. The van der Waals surface area contributed by atoms with Gasteiger partial charge in [0.2, 0.25) is 5.91 Å². The van der Waals surface area contributed by atoms with Gasteiger partial charge in [0.05, 0.1) is 17.7 Å². The van der Waals surface area contributed by atoms with E-state index in [0.29, 0.717) is 13.0 Å². The van der Waals surface area contributed by atoms with E-state index in [2.05, 4.69) is 4.98 Å². The highest BCUT2D eigenvalue weighted by molar-refractivity contribution is 7.07. The zero-order chi connectivity index (χ0) is 9.10. The summed E-state index contributed by atoms with van der Waals surface area (Å²) < 4.78 is 0. The lowest BCUT2D eigenvalue weighted by Gasteiger charge is -2.25. The number of carbonyl (C=O) groups is 1. The molecule has 1 aliphatic rings. The summed E-state index contributed by atoms with van der Waals surface area (Å²) in [5.74, 6) is 0.277. The van der Waals surface area contributed by atoms with Crippen LogP contribution in [0.2, 0.25) is 0 Å². The third-order valence-corrected chi connectivity index (χ3v) is 2.89. The molecule has 0 N–H and O–H groups in total. The number of amides is 1. The van der Waals surface area contributed by atoms with Gasteiger partial charge in [0.15, 0.2) is 0 Å². The van der Waals surface area contributed by atoms with Gasteiger partial charge in [0, 0.05) is 18.3 Å². The van der Waals surface area contributed by atoms with Crippen molar-refractivity contribution in [2.45, 2.75) is 25.8 Å². The summed E-state index contributed by atoms with van der Waals surface area (Å²) in [5.41, 5.74) is 2.82. The summed E-state index contributed by atoms with van der Waals surface area (Å²) in [6.45, 7) is 1.60. The first-order valence-corrected chi connectivity index (χ1v) is 5.45. The highest BCUT2D eigenvalue weighted by atomic mass is 32.1. The van der Waals surface area contributed by atoms with Crippen LogP contribution in [0, 0.1) is 0 Å². The Kier molecular flexibility index (Phi) is 2.59. The Morgan fingerprint density at radius 2 is 2.46 bits per heavy atom. The molecule has 4 heteroatoms. The van der Waals surface area contributed by atoms with Crippen LogP contribution in [0.5, 0.6) is 0 Å². The van der Waals surface area contributed by atoms with E-state index in [0.717, 1.165) is 25.1 Å². The van der Waals surface area contributed by atoms with E-state index < -0.39 is 0 Å². The molecule has 0 spiro atoms. The minimum absolute atomic E-state index is 0.277. The van der Waals surface area contributed by atoms with Gasteiger partial charge in [-0.1, -0.05) is 0 Å². The predicted octanol–water partition coefficient (Wildman–Crippen LogP) is 1.66. The molecule has 70 valence electrons. The van der Waals surface area contributed by atoms with Gasteiger partial charge >= 0.3 is 0 Å². The summed E-state index contributed by atoms with van der Waals surface area (Å²) in [5, 5.41) is 2.00. The number of aromatic nitrogens is 1. The standard InChI is InChI=1S/C9H12N2OS/c12-9-3-1-2-4-11(9)5-8-6-13-7-10-8/h6-7H,1-5H2. The van der Waals surface area contributed by atoms with Gasteiger partial charge in [-0.2, -0.15) is 0 Å². The molecule has 0 atom stereocenters. The fourth-order valence-electron chi connectivity index (χ4n) is 1.54. The van der Waals surface area contributed by atoms with Crippen LogP contribution < -0.4 is 0 Å². The number of piperidine rings is 1. The van der Waals surface area contributed by atoms with Crippen molar-refractivity contribution in [1.29, 1.82) is 0 Å². The third-order valence-electron chi connectivity index (χ3n) is 2.26. The number of thiazole rings is 1. The van der Waals surface area contributed by atoms with E-state index >= 15 is 0 Å². The smallest absolute Gasteiger partial charge is 0.222 e. The van der Waals surface area contributed by atoms with Gasteiger partial charge in [-0.15, -0.1) is 11.3 Å². The summed E-state index contributed by atoms with van der Waals surface area (Å²) in [7, 11) is 0. The van der Waals surface area contributed by atoms with Crippen LogP contribution in [0.25, 0.3) is 0 Å². The van der Waals surface area contributed by atoms with Crippen molar-refractivity contribution in [3.63, 3.8) is 0 Å². The fourth-order valence-corrected chi connectivity index (χ4v) is 2.09. The Bertz CT molecular complexity index is 284. The lowest BCUT2D eigenvalue weighted by molar-refractivity contribution is -0.133. The molecule has 1 aliphatic heterocycles. The highest BCUT2D eigenvalue weighted by Crippen LogP contribution is 2.13. The molecule has 2 heterocycles. The minimum atomic E-state index is 0.277. The number of likely N-dealkylation sites (tertiary alicyclic amines) is 1. The first kappa shape index (κ1) is 8.69.